The summed E-state index contributed by atoms with van der Waals surface area (Å²) in [4.78, 5) is 41.2. The lowest BCUT2D eigenvalue weighted by Crippen LogP contribution is -2.38. The Bertz CT molecular complexity index is 1020. The maximum Gasteiger partial charge on any atom is 0.259 e. The lowest BCUT2D eigenvalue weighted by molar-refractivity contribution is 0.0759. The van der Waals surface area contributed by atoms with Crippen LogP contribution in [-0.2, 0) is 6.42 Å². The number of methoxy groups -OCH3 is 1. The van der Waals surface area contributed by atoms with Crippen LogP contribution in [0.3, 0.4) is 0 Å². The second kappa shape index (κ2) is 11.7. The molecule has 1 aromatic heterocycles. The second-order valence-corrected chi connectivity index (χ2v) is 8.64. The van der Waals surface area contributed by atoms with Gasteiger partial charge in [0.2, 0.25) is 5.43 Å². The maximum atomic E-state index is 13.2. The smallest absolute Gasteiger partial charge is 0.259 e. The number of nitrogens with one attached hydrogen (secondary N) is 1. The summed E-state index contributed by atoms with van der Waals surface area (Å²) in [6, 6.07) is 7.69. The van der Waals surface area contributed by atoms with Gasteiger partial charge in [0.15, 0.2) is 0 Å². The van der Waals surface area contributed by atoms with E-state index >= 15 is 0 Å². The molecule has 7 heteroatoms. The monoisotopic (exact) mass is 453 g/mol. The van der Waals surface area contributed by atoms with E-state index in [2.05, 4.69) is 5.32 Å². The summed E-state index contributed by atoms with van der Waals surface area (Å²) in [5, 5.41) is 2.85. The molecule has 1 saturated heterocycles. The third kappa shape index (κ3) is 6.03. The van der Waals surface area contributed by atoms with E-state index in [-0.39, 0.29) is 23.1 Å². The van der Waals surface area contributed by atoms with Crippen LogP contribution in [0.15, 0.2) is 41.5 Å². The molecular formula is C26H35N3O4. The molecule has 0 saturated carbocycles. The summed E-state index contributed by atoms with van der Waals surface area (Å²) < 4.78 is 7.18. The number of benzene rings is 1. The standard InChI is InChI=1S/C26H35N3O4/c1-4-19(2)29-17-21(25(31)27-14-13-20-11-7-8-12-23(20)33-3)24(30)22(18-29)26(32)28-15-9-5-6-10-16-28/h7-8,11-12,17-19H,4-6,9-10,13-16H2,1-3H3,(H,27,31)/t19-/m1/s1. The molecule has 33 heavy (non-hydrogen) atoms. The van der Waals surface area contributed by atoms with E-state index in [4.69, 9.17) is 4.74 Å². The molecule has 1 aromatic carbocycles. The van der Waals surface area contributed by atoms with Crippen LogP contribution in [0, 0.1) is 0 Å². The summed E-state index contributed by atoms with van der Waals surface area (Å²) in [6.45, 7) is 5.69. The van der Waals surface area contributed by atoms with Gasteiger partial charge in [0.1, 0.15) is 16.9 Å². The van der Waals surface area contributed by atoms with Gasteiger partial charge in [0.05, 0.1) is 7.11 Å². The van der Waals surface area contributed by atoms with Gasteiger partial charge in [-0.3, -0.25) is 14.4 Å². The van der Waals surface area contributed by atoms with Crippen molar-refractivity contribution < 1.29 is 14.3 Å². The Hall–Kier alpha value is -3.09. The molecule has 3 rings (SSSR count). The first kappa shape index (κ1) is 24.6. The average Bonchev–Trinajstić information content (AvgIpc) is 3.13. The Labute approximate surface area is 195 Å². The third-order valence-electron chi connectivity index (χ3n) is 6.39. The fourth-order valence-corrected chi connectivity index (χ4v) is 4.14. The van der Waals surface area contributed by atoms with Gasteiger partial charge in [-0.05, 0) is 44.2 Å². The van der Waals surface area contributed by atoms with E-state index in [1.54, 1.807) is 24.4 Å². The molecule has 2 amide bonds. The minimum Gasteiger partial charge on any atom is -0.496 e. The van der Waals surface area contributed by atoms with Gasteiger partial charge in [-0.15, -0.1) is 0 Å². The molecule has 0 spiro atoms. The molecular weight excluding hydrogens is 418 g/mol. The van der Waals surface area contributed by atoms with Crippen LogP contribution in [-0.4, -0.2) is 48.0 Å². The van der Waals surface area contributed by atoms with E-state index in [1.165, 1.54) is 0 Å². The van der Waals surface area contributed by atoms with Crippen molar-refractivity contribution >= 4 is 11.8 Å². The van der Waals surface area contributed by atoms with Crippen LogP contribution >= 0.6 is 0 Å². The van der Waals surface area contributed by atoms with Crippen molar-refractivity contribution in [2.75, 3.05) is 26.7 Å². The second-order valence-electron chi connectivity index (χ2n) is 8.64. The first-order chi connectivity index (χ1) is 16.0. The van der Waals surface area contributed by atoms with Gasteiger partial charge in [0, 0.05) is 38.1 Å². The number of likely N-dealkylation sites (tertiary alicyclic amines) is 1. The number of pyridine rings is 1. The average molecular weight is 454 g/mol. The van der Waals surface area contributed by atoms with E-state index in [0.29, 0.717) is 26.1 Å². The molecule has 2 aromatic rings. The number of ether oxygens (including phenoxy) is 1. The first-order valence-corrected chi connectivity index (χ1v) is 11.9. The molecule has 1 atom stereocenters. The van der Waals surface area contributed by atoms with Crippen LogP contribution in [0.25, 0.3) is 0 Å². The van der Waals surface area contributed by atoms with Crippen LogP contribution < -0.4 is 15.5 Å². The normalized spacial score (nSPS) is 14.9. The van der Waals surface area contributed by atoms with Crippen molar-refractivity contribution in [3.63, 3.8) is 0 Å². The van der Waals surface area contributed by atoms with Crippen molar-refractivity contribution in [2.24, 2.45) is 0 Å². The number of carbonyl (C=O) groups is 2. The van der Waals surface area contributed by atoms with Crippen LogP contribution in [0.1, 0.15) is 78.3 Å². The highest BCUT2D eigenvalue weighted by atomic mass is 16.5. The van der Waals surface area contributed by atoms with Crippen LogP contribution in [0.5, 0.6) is 5.75 Å². The SMILES string of the molecule is CC[C@@H](C)n1cc(C(=O)NCCc2ccccc2OC)c(=O)c(C(=O)N2CCCCCC2)c1. The lowest BCUT2D eigenvalue weighted by atomic mass is 10.1. The highest BCUT2D eigenvalue weighted by Crippen LogP contribution is 2.18. The molecule has 1 aliphatic rings. The molecule has 0 radical (unpaired) electrons. The molecule has 1 aliphatic heterocycles. The van der Waals surface area contributed by atoms with Crippen molar-refractivity contribution in [1.29, 1.82) is 0 Å². The van der Waals surface area contributed by atoms with Crippen molar-refractivity contribution in [3.8, 4) is 5.75 Å². The minimum absolute atomic E-state index is 0.0102. The minimum atomic E-state index is -0.501. The number of rotatable bonds is 8. The quantitative estimate of drug-likeness (QED) is 0.659. The van der Waals surface area contributed by atoms with Crippen LogP contribution in [0.2, 0.25) is 0 Å². The summed E-state index contributed by atoms with van der Waals surface area (Å²) in [5.74, 6) is 0.0241. The Morgan fingerprint density at radius 3 is 2.39 bits per heavy atom. The van der Waals surface area contributed by atoms with E-state index in [0.717, 1.165) is 43.4 Å². The van der Waals surface area contributed by atoms with E-state index in [9.17, 15) is 14.4 Å². The predicted molar refractivity (Wildman–Crippen MR) is 129 cm³/mol. The Kier molecular flexibility index (Phi) is 8.69. The zero-order valence-corrected chi connectivity index (χ0v) is 19.9. The number of hydrogen-bond acceptors (Lipinski definition) is 4. The van der Waals surface area contributed by atoms with Gasteiger partial charge in [-0.2, -0.15) is 0 Å². The van der Waals surface area contributed by atoms with Gasteiger partial charge in [-0.25, -0.2) is 0 Å². The fraction of sp³-hybridized carbons (Fsp3) is 0.500. The zero-order valence-electron chi connectivity index (χ0n) is 19.9. The number of hydrogen-bond donors (Lipinski definition) is 1. The number of amides is 2. The maximum absolute atomic E-state index is 13.2. The van der Waals surface area contributed by atoms with Crippen molar-refractivity contribution in [2.45, 2.75) is 58.4 Å². The third-order valence-corrected chi connectivity index (χ3v) is 6.39. The molecule has 1 N–H and O–H groups in total. The number of nitrogens with zero attached hydrogens (tertiary/aromatic N) is 2. The van der Waals surface area contributed by atoms with E-state index in [1.807, 2.05) is 42.7 Å². The summed E-state index contributed by atoms with van der Waals surface area (Å²) >= 11 is 0. The van der Waals surface area contributed by atoms with Gasteiger partial charge < -0.3 is 19.5 Å². The molecule has 7 nitrogen and oxygen atoms in total. The molecule has 1 fully saturated rings. The Morgan fingerprint density at radius 1 is 1.06 bits per heavy atom. The summed E-state index contributed by atoms with van der Waals surface area (Å²) in [5.41, 5.74) is 0.562. The highest BCUT2D eigenvalue weighted by molar-refractivity contribution is 5.99. The van der Waals surface area contributed by atoms with Crippen molar-refractivity contribution in [3.05, 3.63) is 63.6 Å². The van der Waals surface area contributed by atoms with Crippen molar-refractivity contribution in [1.82, 2.24) is 14.8 Å². The zero-order chi connectivity index (χ0) is 23.8. The number of para-hydroxylation sites is 1. The summed E-state index contributed by atoms with van der Waals surface area (Å²) in [6.07, 6.45) is 8.65. The Balaban J connectivity index is 1.83. The molecule has 2 heterocycles. The predicted octanol–water partition coefficient (Wildman–Crippen LogP) is 3.82. The van der Waals surface area contributed by atoms with Gasteiger partial charge >= 0.3 is 0 Å². The lowest BCUT2D eigenvalue weighted by Gasteiger charge is -2.22. The largest absolute Gasteiger partial charge is 0.496 e. The van der Waals surface area contributed by atoms with Crippen LogP contribution in [0.4, 0.5) is 0 Å². The highest BCUT2D eigenvalue weighted by Gasteiger charge is 2.24. The Morgan fingerprint density at radius 2 is 1.73 bits per heavy atom. The van der Waals surface area contributed by atoms with E-state index < -0.39 is 11.3 Å². The molecule has 0 unspecified atom stereocenters. The molecule has 178 valence electrons. The topological polar surface area (TPSA) is 80.6 Å². The number of carbonyl (C=O) groups excluding carboxylic acids is 2. The van der Waals surface area contributed by atoms with Gasteiger partial charge in [-0.1, -0.05) is 38.0 Å². The molecule has 0 bridgehead atoms. The number of aromatic nitrogens is 1. The molecule has 0 aliphatic carbocycles. The first-order valence-electron chi connectivity index (χ1n) is 11.9. The fourth-order valence-electron chi connectivity index (χ4n) is 4.14. The van der Waals surface area contributed by atoms with Gasteiger partial charge in [0.25, 0.3) is 11.8 Å². The summed E-state index contributed by atoms with van der Waals surface area (Å²) in [7, 11) is 1.61.